The van der Waals surface area contributed by atoms with Gasteiger partial charge in [-0.15, -0.1) is 11.3 Å². The molecular weight excluding hydrogens is 460 g/mol. The number of fused-ring (bicyclic) bond motifs is 1. The van der Waals surface area contributed by atoms with E-state index in [1.807, 2.05) is 14.1 Å². The summed E-state index contributed by atoms with van der Waals surface area (Å²) in [7, 11) is 4.06. The molecule has 0 amide bonds. The molecule has 0 saturated heterocycles. The molecule has 0 aliphatic heterocycles. The predicted molar refractivity (Wildman–Crippen MR) is 125 cm³/mol. The summed E-state index contributed by atoms with van der Waals surface area (Å²) in [6.07, 6.45) is 2.64. The number of furan rings is 1. The van der Waals surface area contributed by atoms with Crippen molar-refractivity contribution in [2.75, 3.05) is 19.8 Å². The average Bonchev–Trinajstić information content (AvgIpc) is 3.33. The first-order valence-electron chi connectivity index (χ1n) is 9.45. The number of nitrogens with zero attached hydrogens (tertiary/aromatic N) is 2. The second kappa shape index (κ2) is 8.67. The predicted octanol–water partition coefficient (Wildman–Crippen LogP) is 6.79. The van der Waals surface area contributed by atoms with E-state index < -0.39 is 11.9 Å². The number of pyridine rings is 1. The third-order valence-electron chi connectivity index (χ3n) is 4.78. The first-order chi connectivity index (χ1) is 14.8. The van der Waals surface area contributed by atoms with Gasteiger partial charge < -0.3 is 19.8 Å². The minimum atomic E-state index is -0.688. The summed E-state index contributed by atoms with van der Waals surface area (Å²) < 4.78 is 25.8. The Kier molecular flexibility index (Phi) is 6.12. The van der Waals surface area contributed by atoms with Gasteiger partial charge in [0.25, 0.3) is 0 Å². The fourth-order valence-corrected chi connectivity index (χ4v) is 5.18. The molecule has 0 aliphatic rings. The summed E-state index contributed by atoms with van der Waals surface area (Å²) in [6.45, 7) is 2.56. The molecular formula is C22H20Cl2FN3O2S. The highest BCUT2D eigenvalue weighted by molar-refractivity contribution is 7.15. The minimum Gasteiger partial charge on any atom is -0.478 e. The largest absolute Gasteiger partial charge is 0.478 e. The molecule has 0 unspecified atom stereocenters. The van der Waals surface area contributed by atoms with Crippen molar-refractivity contribution < 1.29 is 13.5 Å². The van der Waals surface area contributed by atoms with Crippen LogP contribution in [0.1, 0.15) is 23.5 Å². The van der Waals surface area contributed by atoms with Gasteiger partial charge in [0.15, 0.2) is 11.4 Å². The van der Waals surface area contributed by atoms with E-state index in [0.29, 0.717) is 16.2 Å². The van der Waals surface area contributed by atoms with Crippen molar-refractivity contribution >= 4 is 51.3 Å². The van der Waals surface area contributed by atoms with Crippen LogP contribution in [0.15, 0.2) is 41.1 Å². The van der Waals surface area contributed by atoms with Crippen molar-refractivity contribution in [3.05, 3.63) is 63.0 Å². The minimum absolute atomic E-state index is 0.0918. The Labute approximate surface area is 193 Å². The molecule has 4 rings (SSSR count). The van der Waals surface area contributed by atoms with E-state index in [1.54, 1.807) is 30.7 Å². The molecule has 1 atom stereocenters. The third kappa shape index (κ3) is 4.23. The lowest BCUT2D eigenvalue weighted by Gasteiger charge is -2.18. The number of benzene rings is 1. The number of ether oxygens (including phenoxy) is 1. The summed E-state index contributed by atoms with van der Waals surface area (Å²) in [5.41, 5.74) is 7.78. The maximum atomic E-state index is 14.0. The Hall–Kier alpha value is -2.32. The molecule has 0 aliphatic carbocycles. The van der Waals surface area contributed by atoms with E-state index in [4.69, 9.17) is 38.1 Å². The maximum absolute atomic E-state index is 14.0. The molecule has 9 heteroatoms. The van der Waals surface area contributed by atoms with Gasteiger partial charge in [0, 0.05) is 38.6 Å². The fraction of sp³-hybridized carbons (Fsp3) is 0.227. The molecule has 0 saturated carbocycles. The second-order valence-corrected chi connectivity index (χ2v) is 9.34. The van der Waals surface area contributed by atoms with Crippen LogP contribution in [0.25, 0.3) is 21.4 Å². The Bertz CT molecular complexity index is 1260. The average molecular weight is 480 g/mol. The molecule has 2 N–H and O–H groups in total. The van der Waals surface area contributed by atoms with E-state index in [0.717, 1.165) is 22.4 Å². The Balaban J connectivity index is 1.72. The van der Waals surface area contributed by atoms with Gasteiger partial charge in [-0.1, -0.05) is 23.2 Å². The number of nitrogens with two attached hydrogens (primary N) is 1. The van der Waals surface area contributed by atoms with Crippen molar-refractivity contribution in [1.82, 2.24) is 9.88 Å². The summed E-state index contributed by atoms with van der Waals surface area (Å²) in [5.74, 6) is -0.159. The molecule has 0 spiro atoms. The summed E-state index contributed by atoms with van der Waals surface area (Å²) in [5, 5.41) is 0.974. The molecule has 4 aromatic rings. The SMILES string of the molecule is C[C@@H](Oc1c(N)ncc2c(-c3ccc(CN(C)C)s3)coc12)c1c(Cl)ccc(F)c1Cl. The fourth-order valence-electron chi connectivity index (χ4n) is 3.36. The van der Waals surface area contributed by atoms with Crippen LogP contribution >= 0.6 is 34.5 Å². The monoisotopic (exact) mass is 479 g/mol. The lowest BCUT2D eigenvalue weighted by Crippen LogP contribution is -2.09. The summed E-state index contributed by atoms with van der Waals surface area (Å²) in [6, 6.07) is 6.80. The van der Waals surface area contributed by atoms with Crippen LogP contribution in [0.4, 0.5) is 10.2 Å². The number of aromatic nitrogens is 1. The number of thiophene rings is 1. The van der Waals surface area contributed by atoms with Gasteiger partial charge in [0.2, 0.25) is 5.75 Å². The number of hydrogen-bond acceptors (Lipinski definition) is 6. The molecule has 31 heavy (non-hydrogen) atoms. The molecule has 3 aromatic heterocycles. The number of halogens is 3. The first kappa shape index (κ1) is 21.9. The lowest BCUT2D eigenvalue weighted by molar-refractivity contribution is 0.227. The number of rotatable bonds is 6. The molecule has 0 fully saturated rings. The van der Waals surface area contributed by atoms with Crippen LogP contribution in [0.2, 0.25) is 10.0 Å². The standard InChI is InChI=1S/C22H20Cl2FN3O2S/c1-11(18-15(23)5-6-16(25)19(18)24)30-21-20-13(8-27-22(21)26)14(10-29-20)17-7-4-12(31-17)9-28(2)3/h4-8,10-11H,9H2,1-3H3,(H2,26,27)/t11-/m1/s1. The smallest absolute Gasteiger partial charge is 0.205 e. The van der Waals surface area contributed by atoms with E-state index in [1.165, 1.54) is 17.0 Å². The van der Waals surface area contributed by atoms with Crippen molar-refractivity contribution in [3.63, 3.8) is 0 Å². The zero-order valence-electron chi connectivity index (χ0n) is 17.1. The van der Waals surface area contributed by atoms with Crippen LogP contribution < -0.4 is 10.5 Å². The number of anilines is 1. The molecule has 3 heterocycles. The molecule has 5 nitrogen and oxygen atoms in total. The van der Waals surface area contributed by atoms with Crippen molar-refractivity contribution in [1.29, 1.82) is 0 Å². The summed E-state index contributed by atoms with van der Waals surface area (Å²) in [4.78, 5) is 8.68. The Morgan fingerprint density at radius 2 is 2.03 bits per heavy atom. The van der Waals surface area contributed by atoms with Gasteiger partial charge in [0.1, 0.15) is 18.2 Å². The number of nitrogen functional groups attached to an aromatic ring is 1. The normalized spacial score (nSPS) is 12.6. The molecule has 1 aromatic carbocycles. The van der Waals surface area contributed by atoms with Gasteiger partial charge in [0.05, 0.1) is 10.4 Å². The first-order valence-corrected chi connectivity index (χ1v) is 11.0. The van der Waals surface area contributed by atoms with Gasteiger partial charge in [-0.25, -0.2) is 9.37 Å². The lowest BCUT2D eigenvalue weighted by atomic mass is 10.1. The molecule has 0 bridgehead atoms. The van der Waals surface area contributed by atoms with E-state index in [9.17, 15) is 4.39 Å². The van der Waals surface area contributed by atoms with Crippen molar-refractivity contribution in [2.24, 2.45) is 0 Å². The zero-order chi connectivity index (χ0) is 22.3. The van der Waals surface area contributed by atoms with Gasteiger partial charge >= 0.3 is 0 Å². The van der Waals surface area contributed by atoms with Gasteiger partial charge in [-0.05, 0) is 45.3 Å². The third-order valence-corrected chi connectivity index (χ3v) is 6.60. The van der Waals surface area contributed by atoms with Crippen LogP contribution in [0.5, 0.6) is 5.75 Å². The second-order valence-electron chi connectivity index (χ2n) is 7.39. The van der Waals surface area contributed by atoms with Crippen LogP contribution in [-0.2, 0) is 6.54 Å². The highest BCUT2D eigenvalue weighted by atomic mass is 35.5. The zero-order valence-corrected chi connectivity index (χ0v) is 19.4. The van der Waals surface area contributed by atoms with Crippen LogP contribution in [0, 0.1) is 5.82 Å². The highest BCUT2D eigenvalue weighted by Crippen LogP contribution is 2.42. The molecule has 162 valence electrons. The van der Waals surface area contributed by atoms with E-state index in [2.05, 4.69) is 22.0 Å². The molecule has 0 radical (unpaired) electrons. The van der Waals surface area contributed by atoms with Crippen molar-refractivity contribution in [2.45, 2.75) is 19.6 Å². The van der Waals surface area contributed by atoms with Crippen LogP contribution in [-0.4, -0.2) is 24.0 Å². The summed E-state index contributed by atoms with van der Waals surface area (Å²) >= 11 is 14.0. The van der Waals surface area contributed by atoms with Crippen LogP contribution in [0.3, 0.4) is 0 Å². The Morgan fingerprint density at radius 1 is 1.26 bits per heavy atom. The van der Waals surface area contributed by atoms with Gasteiger partial charge in [-0.2, -0.15) is 0 Å². The maximum Gasteiger partial charge on any atom is 0.205 e. The van der Waals surface area contributed by atoms with E-state index >= 15 is 0 Å². The van der Waals surface area contributed by atoms with Crippen molar-refractivity contribution in [3.8, 4) is 16.2 Å². The van der Waals surface area contributed by atoms with E-state index in [-0.39, 0.29) is 16.6 Å². The topological polar surface area (TPSA) is 64.5 Å². The Morgan fingerprint density at radius 3 is 2.77 bits per heavy atom. The quantitative estimate of drug-likeness (QED) is 0.308. The number of hydrogen-bond donors (Lipinski definition) is 1. The highest BCUT2D eigenvalue weighted by Gasteiger charge is 2.23. The van der Waals surface area contributed by atoms with Gasteiger partial charge in [-0.3, -0.25) is 0 Å².